The van der Waals surface area contributed by atoms with Gasteiger partial charge >= 0.3 is 0 Å². The van der Waals surface area contributed by atoms with E-state index in [1.54, 1.807) is 28.9 Å². The zero-order valence-corrected chi connectivity index (χ0v) is 17.3. The fourth-order valence-corrected chi connectivity index (χ4v) is 3.22. The Bertz CT molecular complexity index is 954. The van der Waals surface area contributed by atoms with Crippen LogP contribution in [0.5, 0.6) is 5.75 Å². The van der Waals surface area contributed by atoms with Crippen LogP contribution in [0.4, 0.5) is 5.82 Å². The molecule has 27 heavy (non-hydrogen) atoms. The molecule has 0 aliphatic heterocycles. The SMILES string of the molecule is Cc1nn(C)c(NC(=O)CCOc2cccc(Cl)c2)c1-c1ccc(Br)cc1. The van der Waals surface area contributed by atoms with Crippen LogP contribution in [0.3, 0.4) is 0 Å². The lowest BCUT2D eigenvalue weighted by Crippen LogP contribution is -2.17. The molecule has 0 atom stereocenters. The molecular weight excluding hydrogens is 430 g/mol. The quantitative estimate of drug-likeness (QED) is 0.562. The van der Waals surface area contributed by atoms with Crippen molar-refractivity contribution in [3.8, 4) is 16.9 Å². The van der Waals surface area contributed by atoms with E-state index in [0.29, 0.717) is 16.6 Å². The summed E-state index contributed by atoms with van der Waals surface area (Å²) in [6, 6.07) is 15.0. The number of nitrogens with zero attached hydrogens (tertiary/aromatic N) is 2. The molecule has 0 bridgehead atoms. The van der Waals surface area contributed by atoms with Crippen LogP contribution >= 0.6 is 27.5 Å². The molecule has 1 heterocycles. The first-order valence-corrected chi connectivity index (χ1v) is 9.59. The van der Waals surface area contributed by atoms with Crippen LogP contribution in [0.2, 0.25) is 5.02 Å². The minimum atomic E-state index is -0.140. The van der Waals surface area contributed by atoms with Crippen molar-refractivity contribution < 1.29 is 9.53 Å². The van der Waals surface area contributed by atoms with Crippen molar-refractivity contribution in [1.29, 1.82) is 0 Å². The van der Waals surface area contributed by atoms with E-state index in [9.17, 15) is 4.79 Å². The minimum absolute atomic E-state index is 0.140. The van der Waals surface area contributed by atoms with Gasteiger partial charge in [-0.2, -0.15) is 5.10 Å². The van der Waals surface area contributed by atoms with Gasteiger partial charge in [-0.25, -0.2) is 0 Å². The third-order valence-electron chi connectivity index (χ3n) is 4.01. The highest BCUT2D eigenvalue weighted by atomic mass is 79.9. The maximum Gasteiger partial charge on any atom is 0.228 e. The molecule has 1 amide bonds. The molecule has 3 rings (SSSR count). The van der Waals surface area contributed by atoms with Gasteiger partial charge in [0.05, 0.1) is 18.7 Å². The molecule has 2 aromatic carbocycles. The van der Waals surface area contributed by atoms with Gasteiger partial charge in [-0.1, -0.05) is 45.7 Å². The minimum Gasteiger partial charge on any atom is -0.493 e. The predicted molar refractivity (Wildman–Crippen MR) is 111 cm³/mol. The van der Waals surface area contributed by atoms with E-state index in [0.717, 1.165) is 21.3 Å². The number of anilines is 1. The largest absolute Gasteiger partial charge is 0.493 e. The lowest BCUT2D eigenvalue weighted by Gasteiger charge is -2.10. The number of aryl methyl sites for hydroxylation is 2. The molecule has 1 N–H and O–H groups in total. The average molecular weight is 449 g/mol. The summed E-state index contributed by atoms with van der Waals surface area (Å²) >= 11 is 9.37. The molecule has 0 saturated heterocycles. The zero-order chi connectivity index (χ0) is 19.4. The van der Waals surface area contributed by atoms with E-state index in [1.165, 1.54) is 0 Å². The summed E-state index contributed by atoms with van der Waals surface area (Å²) in [5.74, 6) is 1.17. The third kappa shape index (κ3) is 4.90. The summed E-state index contributed by atoms with van der Waals surface area (Å²) in [7, 11) is 1.81. The van der Waals surface area contributed by atoms with Crippen molar-refractivity contribution in [1.82, 2.24) is 9.78 Å². The number of rotatable bonds is 6. The Hall–Kier alpha value is -2.31. The van der Waals surface area contributed by atoms with Gasteiger partial charge in [0, 0.05) is 22.1 Å². The second-order valence-corrected chi connectivity index (χ2v) is 7.40. The molecule has 3 aromatic rings. The first-order chi connectivity index (χ1) is 12.9. The number of benzene rings is 2. The number of aromatic nitrogens is 2. The second kappa shape index (κ2) is 8.59. The molecule has 0 aliphatic rings. The topological polar surface area (TPSA) is 56.2 Å². The van der Waals surface area contributed by atoms with E-state index in [-0.39, 0.29) is 18.9 Å². The van der Waals surface area contributed by atoms with Gasteiger partial charge in [0.15, 0.2) is 0 Å². The molecule has 0 radical (unpaired) electrons. The number of hydrogen-bond acceptors (Lipinski definition) is 3. The number of carbonyl (C=O) groups is 1. The standard InChI is InChI=1S/C20H19BrClN3O2/c1-13-19(14-6-8-15(21)9-7-14)20(25(2)24-13)23-18(26)10-11-27-17-5-3-4-16(22)12-17/h3-9,12H,10-11H2,1-2H3,(H,23,26). The van der Waals surface area contributed by atoms with Gasteiger partial charge in [0.1, 0.15) is 11.6 Å². The summed E-state index contributed by atoms with van der Waals surface area (Å²) in [5, 5.41) is 8.00. The summed E-state index contributed by atoms with van der Waals surface area (Å²) in [5.41, 5.74) is 2.76. The molecular formula is C20H19BrClN3O2. The van der Waals surface area contributed by atoms with Crippen LogP contribution in [0.25, 0.3) is 11.1 Å². The average Bonchev–Trinajstić information content (AvgIpc) is 2.89. The highest BCUT2D eigenvalue weighted by Gasteiger charge is 2.17. The number of carbonyl (C=O) groups excluding carboxylic acids is 1. The van der Waals surface area contributed by atoms with E-state index in [2.05, 4.69) is 26.3 Å². The lowest BCUT2D eigenvalue weighted by molar-refractivity contribution is -0.116. The Balaban J connectivity index is 1.68. The van der Waals surface area contributed by atoms with Crippen molar-refractivity contribution >= 4 is 39.3 Å². The van der Waals surface area contributed by atoms with Gasteiger partial charge in [-0.15, -0.1) is 0 Å². The molecule has 7 heteroatoms. The summed E-state index contributed by atoms with van der Waals surface area (Å²) in [4.78, 5) is 12.4. The molecule has 0 aliphatic carbocycles. The van der Waals surface area contributed by atoms with Crippen LogP contribution in [-0.2, 0) is 11.8 Å². The lowest BCUT2D eigenvalue weighted by atomic mass is 10.1. The Kier molecular flexibility index (Phi) is 6.19. The highest BCUT2D eigenvalue weighted by molar-refractivity contribution is 9.10. The Morgan fingerprint density at radius 3 is 2.70 bits per heavy atom. The number of hydrogen-bond donors (Lipinski definition) is 1. The molecule has 0 fully saturated rings. The number of amides is 1. The second-order valence-electron chi connectivity index (χ2n) is 6.04. The molecule has 0 saturated carbocycles. The summed E-state index contributed by atoms with van der Waals surface area (Å²) in [6.07, 6.45) is 0.219. The van der Waals surface area contributed by atoms with Gasteiger partial charge in [-0.05, 0) is 42.8 Å². The normalized spacial score (nSPS) is 10.7. The van der Waals surface area contributed by atoms with Crippen LogP contribution in [0.1, 0.15) is 12.1 Å². The van der Waals surface area contributed by atoms with Crippen LogP contribution in [0, 0.1) is 6.92 Å². The van der Waals surface area contributed by atoms with E-state index < -0.39 is 0 Å². The van der Waals surface area contributed by atoms with Gasteiger partial charge in [0.2, 0.25) is 5.91 Å². The molecule has 0 unspecified atom stereocenters. The molecule has 0 spiro atoms. The first-order valence-electron chi connectivity index (χ1n) is 8.42. The van der Waals surface area contributed by atoms with Crippen LogP contribution < -0.4 is 10.1 Å². The highest BCUT2D eigenvalue weighted by Crippen LogP contribution is 2.32. The number of halogens is 2. The molecule has 140 valence electrons. The smallest absolute Gasteiger partial charge is 0.228 e. The van der Waals surface area contributed by atoms with Gasteiger partial charge in [-0.3, -0.25) is 9.48 Å². The van der Waals surface area contributed by atoms with Gasteiger partial charge in [0.25, 0.3) is 0 Å². The van der Waals surface area contributed by atoms with Crippen LogP contribution in [0.15, 0.2) is 53.0 Å². The van der Waals surface area contributed by atoms with E-state index in [4.69, 9.17) is 16.3 Å². The fraction of sp³-hybridized carbons (Fsp3) is 0.200. The Labute approximate surface area is 171 Å². The number of ether oxygens (including phenoxy) is 1. The van der Waals surface area contributed by atoms with E-state index in [1.807, 2.05) is 38.2 Å². The Morgan fingerprint density at radius 1 is 1.26 bits per heavy atom. The Morgan fingerprint density at radius 2 is 2.00 bits per heavy atom. The third-order valence-corrected chi connectivity index (χ3v) is 4.77. The van der Waals surface area contributed by atoms with E-state index >= 15 is 0 Å². The fourth-order valence-electron chi connectivity index (χ4n) is 2.78. The molecule has 1 aromatic heterocycles. The number of nitrogens with one attached hydrogen (secondary N) is 1. The maximum atomic E-state index is 12.4. The van der Waals surface area contributed by atoms with Gasteiger partial charge < -0.3 is 10.1 Å². The first kappa shape index (κ1) is 19.5. The van der Waals surface area contributed by atoms with Crippen molar-refractivity contribution in [2.45, 2.75) is 13.3 Å². The predicted octanol–water partition coefficient (Wildman–Crippen LogP) is 5.22. The summed E-state index contributed by atoms with van der Waals surface area (Å²) < 4.78 is 8.27. The zero-order valence-electron chi connectivity index (χ0n) is 15.0. The summed E-state index contributed by atoms with van der Waals surface area (Å²) in [6.45, 7) is 2.19. The van der Waals surface area contributed by atoms with Crippen molar-refractivity contribution in [2.24, 2.45) is 7.05 Å². The van der Waals surface area contributed by atoms with Crippen LogP contribution in [-0.4, -0.2) is 22.3 Å². The monoisotopic (exact) mass is 447 g/mol. The maximum absolute atomic E-state index is 12.4. The van der Waals surface area contributed by atoms with Crippen molar-refractivity contribution in [3.63, 3.8) is 0 Å². The van der Waals surface area contributed by atoms with Crippen molar-refractivity contribution in [3.05, 3.63) is 63.7 Å². The molecule has 5 nitrogen and oxygen atoms in total. The van der Waals surface area contributed by atoms with Crippen molar-refractivity contribution in [2.75, 3.05) is 11.9 Å².